The molecule has 0 spiro atoms. The van der Waals surface area contributed by atoms with Gasteiger partial charge in [-0.15, -0.1) is 0 Å². The third kappa shape index (κ3) is 5.88. The number of ketones is 1. The first-order valence-corrected chi connectivity index (χ1v) is 18.2. The molecule has 10 heteroatoms. The van der Waals surface area contributed by atoms with Gasteiger partial charge in [-0.1, -0.05) is 89.5 Å². The van der Waals surface area contributed by atoms with Crippen molar-refractivity contribution in [2.24, 2.45) is 5.92 Å². The molecule has 0 unspecified atom stereocenters. The third-order valence-corrected chi connectivity index (χ3v) is 13.3. The molecule has 6 rings (SSSR count). The van der Waals surface area contributed by atoms with Gasteiger partial charge in [0, 0.05) is 29.9 Å². The fourth-order valence-electron chi connectivity index (χ4n) is 6.67. The van der Waals surface area contributed by atoms with E-state index in [1.807, 2.05) is 38.1 Å². The highest BCUT2D eigenvalue weighted by Gasteiger charge is 2.54. The van der Waals surface area contributed by atoms with E-state index >= 15 is 0 Å². The number of nitrogens with zero attached hydrogens (tertiary/aromatic N) is 2. The Bertz CT molecular complexity index is 1940. The second kappa shape index (κ2) is 12.1. The van der Waals surface area contributed by atoms with Gasteiger partial charge in [-0.3, -0.25) is 4.79 Å². The van der Waals surface area contributed by atoms with Crippen LogP contribution in [0.4, 0.5) is 0 Å². The van der Waals surface area contributed by atoms with Crippen LogP contribution in [0.1, 0.15) is 52.7 Å². The van der Waals surface area contributed by atoms with Gasteiger partial charge < -0.3 is 0 Å². The van der Waals surface area contributed by atoms with Crippen LogP contribution < -0.4 is 0 Å². The van der Waals surface area contributed by atoms with Crippen molar-refractivity contribution in [1.82, 2.24) is 8.61 Å². The van der Waals surface area contributed by atoms with E-state index in [2.05, 4.69) is 0 Å². The summed E-state index contributed by atoms with van der Waals surface area (Å²) in [6.45, 7) is 5.44. The van der Waals surface area contributed by atoms with Gasteiger partial charge in [0.15, 0.2) is 0 Å². The van der Waals surface area contributed by atoms with Crippen LogP contribution in [0, 0.1) is 26.7 Å². The predicted molar refractivity (Wildman–Crippen MR) is 175 cm³/mol. The molecule has 2 aliphatic heterocycles. The van der Waals surface area contributed by atoms with E-state index in [9.17, 15) is 21.6 Å². The average molecular weight is 663 g/mol. The first-order chi connectivity index (χ1) is 21.4. The lowest BCUT2D eigenvalue weighted by atomic mass is 9.77. The number of fused-ring (bicyclic) bond motifs is 1. The summed E-state index contributed by atoms with van der Waals surface area (Å²) in [5.41, 5.74) is 3.93. The molecule has 4 atom stereocenters. The van der Waals surface area contributed by atoms with E-state index in [1.54, 1.807) is 79.7 Å². The third-order valence-electron chi connectivity index (χ3n) is 9.09. The molecule has 0 aliphatic carbocycles. The fourth-order valence-corrected chi connectivity index (χ4v) is 10.5. The number of piperidine rings is 2. The van der Waals surface area contributed by atoms with Crippen LogP contribution in [0.25, 0.3) is 0 Å². The molecule has 2 heterocycles. The van der Waals surface area contributed by atoms with E-state index in [1.165, 1.54) is 8.61 Å². The highest BCUT2D eigenvalue weighted by molar-refractivity contribution is 7.89. The minimum Gasteiger partial charge on any atom is -0.299 e. The maximum atomic E-state index is 14.6. The Hall–Kier alpha value is -3.34. The second-order valence-corrected chi connectivity index (χ2v) is 16.2. The summed E-state index contributed by atoms with van der Waals surface area (Å²) in [6.07, 6.45) is 0.0375. The molecule has 0 aromatic heterocycles. The Morgan fingerprint density at radius 2 is 1.24 bits per heavy atom. The molecule has 0 saturated carbocycles. The molecule has 4 aromatic carbocycles. The van der Waals surface area contributed by atoms with Gasteiger partial charge in [-0.05, 0) is 74.2 Å². The summed E-state index contributed by atoms with van der Waals surface area (Å²) in [7, 11) is -8.19. The highest BCUT2D eigenvalue weighted by atomic mass is 35.5. The molecule has 234 valence electrons. The Morgan fingerprint density at radius 3 is 1.87 bits per heavy atom. The maximum Gasteiger partial charge on any atom is 0.243 e. The van der Waals surface area contributed by atoms with Crippen molar-refractivity contribution in [1.29, 1.82) is 0 Å². The van der Waals surface area contributed by atoms with Gasteiger partial charge in [-0.25, -0.2) is 16.8 Å². The number of aryl methyl sites for hydroxylation is 3. The van der Waals surface area contributed by atoms with Crippen molar-refractivity contribution in [2.75, 3.05) is 6.54 Å². The van der Waals surface area contributed by atoms with Crippen LogP contribution in [0.2, 0.25) is 5.02 Å². The fraction of sp³-hybridized carbons (Fsp3) is 0.286. The quantitative estimate of drug-likeness (QED) is 0.227. The molecular formula is C35H35ClN2O5S2. The molecule has 4 aromatic rings. The molecule has 2 saturated heterocycles. The van der Waals surface area contributed by atoms with Gasteiger partial charge in [0.25, 0.3) is 0 Å². The van der Waals surface area contributed by atoms with Crippen LogP contribution in [0.3, 0.4) is 0 Å². The molecule has 0 bridgehead atoms. The van der Waals surface area contributed by atoms with Gasteiger partial charge in [0.2, 0.25) is 20.0 Å². The number of sulfonamides is 2. The molecule has 7 nitrogen and oxygen atoms in total. The topological polar surface area (TPSA) is 91.8 Å². The van der Waals surface area contributed by atoms with E-state index in [0.29, 0.717) is 16.1 Å². The lowest BCUT2D eigenvalue weighted by Crippen LogP contribution is -2.60. The number of hydrogen-bond donors (Lipinski definition) is 0. The first-order valence-electron chi connectivity index (χ1n) is 14.9. The number of benzene rings is 4. The van der Waals surface area contributed by atoms with Crippen LogP contribution in [0.5, 0.6) is 0 Å². The Balaban J connectivity index is 1.52. The van der Waals surface area contributed by atoms with Gasteiger partial charge in [-0.2, -0.15) is 8.61 Å². The summed E-state index contributed by atoms with van der Waals surface area (Å²) in [5, 5.41) is 0.497. The predicted octanol–water partition coefficient (Wildman–Crippen LogP) is 6.79. The van der Waals surface area contributed by atoms with Crippen molar-refractivity contribution < 1.29 is 21.6 Å². The Labute approximate surface area is 270 Å². The molecule has 0 N–H and O–H groups in total. The Kier molecular flexibility index (Phi) is 8.52. The van der Waals surface area contributed by atoms with Crippen LogP contribution in [-0.4, -0.2) is 43.8 Å². The molecule has 45 heavy (non-hydrogen) atoms. The van der Waals surface area contributed by atoms with E-state index in [4.69, 9.17) is 11.6 Å². The first kappa shape index (κ1) is 31.6. The second-order valence-electron chi connectivity index (χ2n) is 12.1. The number of halogens is 1. The zero-order valence-corrected chi connectivity index (χ0v) is 27.7. The molecule has 0 radical (unpaired) electrons. The maximum absolute atomic E-state index is 14.6. The largest absolute Gasteiger partial charge is 0.299 e. The summed E-state index contributed by atoms with van der Waals surface area (Å²) in [4.78, 5) is 14.3. The van der Waals surface area contributed by atoms with Crippen LogP contribution in [0.15, 0.2) is 107 Å². The normalized spacial score (nSPS) is 23.1. The number of rotatable bonds is 6. The summed E-state index contributed by atoms with van der Waals surface area (Å²) < 4.78 is 60.8. The summed E-state index contributed by atoms with van der Waals surface area (Å²) >= 11 is 6.22. The van der Waals surface area contributed by atoms with Gasteiger partial charge in [0.05, 0.1) is 21.9 Å². The zero-order valence-electron chi connectivity index (χ0n) is 25.3. The number of carbonyl (C=O) groups is 1. The molecule has 2 fully saturated rings. The lowest BCUT2D eigenvalue weighted by Gasteiger charge is -2.51. The van der Waals surface area contributed by atoms with E-state index in [-0.39, 0.29) is 35.0 Å². The Morgan fingerprint density at radius 1 is 0.689 bits per heavy atom. The number of Topliss-reactive ketones (excluding diaryl/α,β-unsaturated/α-hetero) is 1. The smallest absolute Gasteiger partial charge is 0.243 e. The van der Waals surface area contributed by atoms with Crippen molar-refractivity contribution in [3.8, 4) is 0 Å². The SMILES string of the molecule is Cc1ccc([C@@H]2CC(=O)[C@@H]3CN(S(=O)(=O)c4ccccc4C)[C@H](c4ccc(Cl)cc4)C[C@@H]3N2S(=O)(=O)c2ccc(C)cc2)cc1. The van der Waals surface area contributed by atoms with Crippen LogP contribution in [-0.2, 0) is 24.8 Å². The molecule has 0 amide bonds. The summed E-state index contributed by atoms with van der Waals surface area (Å²) in [6, 6.07) is 25.7. The van der Waals surface area contributed by atoms with Crippen molar-refractivity contribution in [3.63, 3.8) is 0 Å². The minimum absolute atomic E-state index is 0.0564. The highest BCUT2D eigenvalue weighted by Crippen LogP contribution is 2.48. The standard InChI is InChI=1S/C35H35ClN2O5S2/c1-23-8-12-27(13-9-23)32-21-34(39)30-22-37(45(42,43)35-7-5-4-6-25(35)3)31(26-14-16-28(36)17-15-26)20-33(30)38(32)44(40,41)29-18-10-24(2)11-19-29/h4-19,30-33H,20-22H2,1-3H3/t30-,31+,32+,33+/m1/s1. The monoisotopic (exact) mass is 662 g/mol. The van der Waals surface area contributed by atoms with E-state index in [0.717, 1.165) is 16.7 Å². The van der Waals surface area contributed by atoms with Gasteiger partial charge in [0.1, 0.15) is 5.78 Å². The zero-order chi connectivity index (χ0) is 32.1. The minimum atomic E-state index is -4.11. The van der Waals surface area contributed by atoms with E-state index < -0.39 is 44.1 Å². The molecule has 2 aliphatic rings. The average Bonchev–Trinajstić information content (AvgIpc) is 3.01. The van der Waals surface area contributed by atoms with Crippen molar-refractivity contribution in [3.05, 3.63) is 130 Å². The lowest BCUT2D eigenvalue weighted by molar-refractivity contribution is -0.132. The van der Waals surface area contributed by atoms with Crippen molar-refractivity contribution in [2.45, 2.75) is 61.5 Å². The summed E-state index contributed by atoms with van der Waals surface area (Å²) in [5.74, 6) is -1.00. The molecular weight excluding hydrogens is 628 g/mol. The number of carbonyl (C=O) groups excluding carboxylic acids is 1. The van der Waals surface area contributed by atoms with Gasteiger partial charge >= 0.3 is 0 Å². The number of hydrogen-bond acceptors (Lipinski definition) is 5. The van der Waals surface area contributed by atoms with Crippen LogP contribution >= 0.6 is 11.6 Å². The van der Waals surface area contributed by atoms with Crippen molar-refractivity contribution >= 4 is 37.4 Å².